The lowest BCUT2D eigenvalue weighted by molar-refractivity contribution is -0.116. The van der Waals surface area contributed by atoms with Crippen molar-refractivity contribution in [1.29, 1.82) is 0 Å². The molecule has 0 saturated carbocycles. The average Bonchev–Trinajstić information content (AvgIpc) is 3.26. The maximum atomic E-state index is 12.5. The van der Waals surface area contributed by atoms with Gasteiger partial charge in [-0.1, -0.05) is 0 Å². The third kappa shape index (κ3) is 4.94. The van der Waals surface area contributed by atoms with Gasteiger partial charge in [0.05, 0.1) is 21.3 Å². The number of nitrogens with one attached hydrogen (secondary N) is 1. The van der Waals surface area contributed by atoms with E-state index in [1.165, 1.54) is 24.1 Å². The van der Waals surface area contributed by atoms with Crippen LogP contribution in [0, 0.1) is 6.92 Å². The summed E-state index contributed by atoms with van der Waals surface area (Å²) in [5.41, 5.74) is 4.24. The van der Waals surface area contributed by atoms with Gasteiger partial charge in [0.25, 0.3) is 0 Å². The molecule has 2 aromatic rings. The van der Waals surface area contributed by atoms with Crippen molar-refractivity contribution < 1.29 is 19.0 Å². The molecule has 29 heavy (non-hydrogen) atoms. The Labute approximate surface area is 172 Å². The van der Waals surface area contributed by atoms with E-state index in [4.69, 9.17) is 14.2 Å². The molecule has 0 aliphatic carbocycles. The smallest absolute Gasteiger partial charge is 0.224 e. The molecule has 156 valence electrons. The molecule has 1 amide bonds. The molecule has 1 N–H and O–H groups in total. The van der Waals surface area contributed by atoms with Crippen molar-refractivity contribution in [2.24, 2.45) is 0 Å². The lowest BCUT2D eigenvalue weighted by atomic mass is 10.1. The van der Waals surface area contributed by atoms with Crippen LogP contribution >= 0.6 is 0 Å². The maximum absolute atomic E-state index is 12.5. The molecular formula is C23H30N2O4. The van der Waals surface area contributed by atoms with Gasteiger partial charge in [0.15, 0.2) is 11.5 Å². The first-order valence-corrected chi connectivity index (χ1v) is 10.00. The second-order valence-electron chi connectivity index (χ2n) is 7.28. The van der Waals surface area contributed by atoms with Crippen molar-refractivity contribution >= 4 is 17.3 Å². The summed E-state index contributed by atoms with van der Waals surface area (Å²) in [6.07, 6.45) is 3.44. The molecule has 1 heterocycles. The van der Waals surface area contributed by atoms with Crippen molar-refractivity contribution in [2.45, 2.75) is 32.6 Å². The van der Waals surface area contributed by atoms with Crippen LogP contribution < -0.4 is 24.4 Å². The Kier molecular flexibility index (Phi) is 6.86. The predicted octanol–water partition coefficient (Wildman–Crippen LogP) is 4.19. The highest BCUT2D eigenvalue weighted by Crippen LogP contribution is 2.38. The Morgan fingerprint density at radius 1 is 1.00 bits per heavy atom. The van der Waals surface area contributed by atoms with Crippen LogP contribution in [0.25, 0.3) is 0 Å². The quantitative estimate of drug-likeness (QED) is 0.722. The Balaban J connectivity index is 1.62. The van der Waals surface area contributed by atoms with E-state index >= 15 is 0 Å². The highest BCUT2D eigenvalue weighted by atomic mass is 16.5. The lowest BCUT2D eigenvalue weighted by Gasteiger charge is -2.20. The Morgan fingerprint density at radius 3 is 2.21 bits per heavy atom. The van der Waals surface area contributed by atoms with Gasteiger partial charge in [-0.25, -0.2) is 0 Å². The second kappa shape index (κ2) is 9.54. The number of nitrogens with zero attached hydrogens (tertiary/aromatic N) is 1. The summed E-state index contributed by atoms with van der Waals surface area (Å²) >= 11 is 0. The van der Waals surface area contributed by atoms with Crippen LogP contribution in [0.1, 0.15) is 30.4 Å². The highest BCUT2D eigenvalue weighted by molar-refractivity contribution is 5.91. The topological polar surface area (TPSA) is 60.0 Å². The number of carbonyl (C=O) groups excluding carboxylic acids is 1. The van der Waals surface area contributed by atoms with Crippen LogP contribution in [0.5, 0.6) is 17.2 Å². The fourth-order valence-electron chi connectivity index (χ4n) is 3.81. The van der Waals surface area contributed by atoms with Gasteiger partial charge in [0, 0.05) is 30.9 Å². The minimum Gasteiger partial charge on any atom is -0.493 e. The molecule has 0 unspecified atom stereocenters. The molecule has 0 spiro atoms. The third-order valence-electron chi connectivity index (χ3n) is 5.29. The average molecular weight is 399 g/mol. The molecule has 1 aliphatic rings. The monoisotopic (exact) mass is 398 g/mol. The number of carbonyl (C=O) groups is 1. The Hall–Kier alpha value is -2.89. The molecule has 0 radical (unpaired) electrons. The van der Waals surface area contributed by atoms with E-state index in [1.807, 2.05) is 24.3 Å². The van der Waals surface area contributed by atoms with Crippen molar-refractivity contribution in [3.63, 3.8) is 0 Å². The van der Waals surface area contributed by atoms with Crippen LogP contribution in [-0.2, 0) is 11.2 Å². The summed E-state index contributed by atoms with van der Waals surface area (Å²) in [7, 11) is 4.74. The molecule has 1 fully saturated rings. The zero-order valence-electron chi connectivity index (χ0n) is 17.7. The number of methoxy groups -OCH3 is 3. The zero-order valence-corrected chi connectivity index (χ0v) is 17.7. The summed E-state index contributed by atoms with van der Waals surface area (Å²) in [6.45, 7) is 4.32. The molecule has 6 heteroatoms. The van der Waals surface area contributed by atoms with Crippen molar-refractivity contribution in [1.82, 2.24) is 0 Å². The number of hydrogen-bond acceptors (Lipinski definition) is 5. The lowest BCUT2D eigenvalue weighted by Crippen LogP contribution is -2.19. The summed E-state index contributed by atoms with van der Waals surface area (Å²) < 4.78 is 16.1. The van der Waals surface area contributed by atoms with Gasteiger partial charge < -0.3 is 24.4 Å². The molecule has 0 atom stereocenters. The van der Waals surface area contributed by atoms with Crippen LogP contribution in [0.15, 0.2) is 30.3 Å². The van der Waals surface area contributed by atoms with Crippen LogP contribution in [-0.4, -0.2) is 40.3 Å². The van der Waals surface area contributed by atoms with Crippen LogP contribution in [0.4, 0.5) is 11.4 Å². The zero-order chi connectivity index (χ0) is 20.8. The van der Waals surface area contributed by atoms with Crippen molar-refractivity contribution in [3.05, 3.63) is 41.5 Å². The highest BCUT2D eigenvalue weighted by Gasteiger charge is 2.16. The SMILES string of the molecule is COc1cc(CCC(=O)Nc2ccc(N3CCCC3)c(C)c2)cc(OC)c1OC. The van der Waals surface area contributed by atoms with Gasteiger partial charge in [-0.15, -0.1) is 0 Å². The van der Waals surface area contributed by atoms with E-state index in [1.54, 1.807) is 21.3 Å². The maximum Gasteiger partial charge on any atom is 0.224 e. The molecule has 1 aliphatic heterocycles. The van der Waals surface area contributed by atoms with Gasteiger partial charge in [-0.05, 0) is 67.6 Å². The number of hydrogen-bond donors (Lipinski definition) is 1. The molecule has 0 bridgehead atoms. The molecule has 2 aromatic carbocycles. The predicted molar refractivity (Wildman–Crippen MR) is 116 cm³/mol. The van der Waals surface area contributed by atoms with E-state index in [0.29, 0.717) is 30.1 Å². The Bertz CT molecular complexity index is 835. The fourth-order valence-corrected chi connectivity index (χ4v) is 3.81. The number of benzene rings is 2. The summed E-state index contributed by atoms with van der Waals surface area (Å²) in [5.74, 6) is 1.72. The number of anilines is 2. The van der Waals surface area contributed by atoms with E-state index in [2.05, 4.69) is 23.2 Å². The summed E-state index contributed by atoms with van der Waals surface area (Å²) in [4.78, 5) is 14.9. The van der Waals surface area contributed by atoms with E-state index < -0.39 is 0 Å². The van der Waals surface area contributed by atoms with Gasteiger partial charge >= 0.3 is 0 Å². The third-order valence-corrected chi connectivity index (χ3v) is 5.29. The summed E-state index contributed by atoms with van der Waals surface area (Å²) in [5, 5.41) is 3.01. The van der Waals surface area contributed by atoms with Gasteiger partial charge in [-0.2, -0.15) is 0 Å². The Morgan fingerprint density at radius 2 is 1.66 bits per heavy atom. The summed E-state index contributed by atoms with van der Waals surface area (Å²) in [6, 6.07) is 9.89. The second-order valence-corrected chi connectivity index (χ2v) is 7.28. The first kappa shape index (κ1) is 20.8. The fraction of sp³-hybridized carbons (Fsp3) is 0.435. The number of ether oxygens (including phenoxy) is 3. The normalized spacial score (nSPS) is 13.3. The van der Waals surface area contributed by atoms with Gasteiger partial charge in [0.1, 0.15) is 0 Å². The van der Waals surface area contributed by atoms with E-state index in [0.717, 1.165) is 24.3 Å². The van der Waals surface area contributed by atoms with E-state index in [9.17, 15) is 4.79 Å². The molecule has 0 aromatic heterocycles. The number of aryl methyl sites for hydroxylation is 2. The molecule has 6 nitrogen and oxygen atoms in total. The largest absolute Gasteiger partial charge is 0.493 e. The molecule has 1 saturated heterocycles. The molecular weight excluding hydrogens is 368 g/mol. The number of rotatable bonds is 8. The van der Waals surface area contributed by atoms with Gasteiger partial charge in [-0.3, -0.25) is 4.79 Å². The minimum atomic E-state index is -0.0212. The minimum absolute atomic E-state index is 0.0212. The first-order chi connectivity index (χ1) is 14.0. The van der Waals surface area contributed by atoms with Crippen LogP contribution in [0.2, 0.25) is 0 Å². The van der Waals surface area contributed by atoms with Gasteiger partial charge in [0.2, 0.25) is 11.7 Å². The van der Waals surface area contributed by atoms with Crippen molar-refractivity contribution in [3.8, 4) is 17.2 Å². The number of amides is 1. The van der Waals surface area contributed by atoms with Crippen LogP contribution in [0.3, 0.4) is 0 Å². The standard InChI is InChI=1S/C23H30N2O4/c1-16-13-18(8-9-19(16)25-11-5-6-12-25)24-22(26)10-7-17-14-20(27-2)23(29-4)21(15-17)28-3/h8-9,13-15H,5-7,10-12H2,1-4H3,(H,24,26). The van der Waals surface area contributed by atoms with E-state index in [-0.39, 0.29) is 5.91 Å². The first-order valence-electron chi connectivity index (χ1n) is 10.00. The molecule has 3 rings (SSSR count). The van der Waals surface area contributed by atoms with Crippen molar-refractivity contribution in [2.75, 3.05) is 44.6 Å².